The van der Waals surface area contributed by atoms with Crippen molar-refractivity contribution in [3.05, 3.63) is 0 Å². The third-order valence-electron chi connectivity index (χ3n) is 0.667. The molecule has 0 rings (SSSR count). The van der Waals surface area contributed by atoms with Crippen LogP contribution in [-0.4, -0.2) is 25.6 Å². The predicted molar refractivity (Wildman–Crippen MR) is 40.2 cm³/mol. The molecular formula is C5H10N4O. The average Bonchev–Trinajstić information content (AvgIpc) is 1.98. The van der Waals surface area contributed by atoms with E-state index in [1.54, 1.807) is 13.1 Å². The first-order valence-corrected chi connectivity index (χ1v) is 2.78. The van der Waals surface area contributed by atoms with Crippen LogP contribution in [0.15, 0.2) is 10.1 Å². The Labute approximate surface area is 59.2 Å². The standard InChI is InChI=1S/C5H10N4O/c1-3-7-4-8-9-5(10)6-2/h3-4H,1-2H3,(H2,6,9,10)/b7-3-,8-4-. The number of nitrogens with one attached hydrogen (secondary N) is 2. The first kappa shape index (κ1) is 8.61. The van der Waals surface area contributed by atoms with Crippen molar-refractivity contribution >= 4 is 18.6 Å². The Morgan fingerprint density at radius 1 is 1.60 bits per heavy atom. The second kappa shape index (κ2) is 5.74. The Bertz CT molecular complexity index is 152. The van der Waals surface area contributed by atoms with E-state index in [-0.39, 0.29) is 6.03 Å². The molecule has 0 aromatic carbocycles. The van der Waals surface area contributed by atoms with Gasteiger partial charge in [0.25, 0.3) is 0 Å². The average molecular weight is 142 g/mol. The third-order valence-corrected chi connectivity index (χ3v) is 0.667. The molecule has 0 heterocycles. The van der Waals surface area contributed by atoms with Gasteiger partial charge in [-0.25, -0.2) is 15.2 Å². The number of aliphatic imine (C=N–C) groups is 1. The van der Waals surface area contributed by atoms with Crippen LogP contribution in [-0.2, 0) is 0 Å². The lowest BCUT2D eigenvalue weighted by Crippen LogP contribution is -2.28. The van der Waals surface area contributed by atoms with Crippen LogP contribution in [0.25, 0.3) is 0 Å². The zero-order chi connectivity index (χ0) is 7.82. The molecule has 0 spiro atoms. The third kappa shape index (κ3) is 4.76. The second-order valence-corrected chi connectivity index (χ2v) is 1.34. The topological polar surface area (TPSA) is 65.8 Å². The number of nitrogens with zero attached hydrogens (tertiary/aromatic N) is 2. The second-order valence-electron chi connectivity index (χ2n) is 1.34. The maximum atomic E-state index is 10.4. The van der Waals surface area contributed by atoms with Gasteiger partial charge in [-0.15, -0.1) is 0 Å². The van der Waals surface area contributed by atoms with E-state index in [9.17, 15) is 4.79 Å². The number of rotatable bonds is 2. The van der Waals surface area contributed by atoms with Crippen molar-refractivity contribution in [2.24, 2.45) is 10.1 Å². The minimum absolute atomic E-state index is 0.359. The molecule has 0 unspecified atom stereocenters. The molecule has 0 aliphatic rings. The zero-order valence-electron chi connectivity index (χ0n) is 5.96. The van der Waals surface area contributed by atoms with Gasteiger partial charge in [0.05, 0.1) is 0 Å². The molecule has 0 atom stereocenters. The smallest absolute Gasteiger partial charge is 0.334 e. The molecule has 0 aromatic rings. The first-order chi connectivity index (χ1) is 4.81. The highest BCUT2D eigenvalue weighted by Crippen LogP contribution is 1.61. The van der Waals surface area contributed by atoms with Crippen LogP contribution in [0.2, 0.25) is 0 Å². The summed E-state index contributed by atoms with van der Waals surface area (Å²) in [5.74, 6) is 0. The van der Waals surface area contributed by atoms with Gasteiger partial charge in [-0.2, -0.15) is 5.10 Å². The molecule has 0 saturated carbocycles. The monoisotopic (exact) mass is 142 g/mol. The van der Waals surface area contributed by atoms with Crippen molar-refractivity contribution in [3.63, 3.8) is 0 Å². The first-order valence-electron chi connectivity index (χ1n) is 2.78. The van der Waals surface area contributed by atoms with Crippen LogP contribution in [0.5, 0.6) is 0 Å². The van der Waals surface area contributed by atoms with Crippen LogP contribution >= 0.6 is 0 Å². The van der Waals surface area contributed by atoms with E-state index >= 15 is 0 Å². The summed E-state index contributed by atoms with van der Waals surface area (Å²) in [7, 11) is 1.51. The lowest BCUT2D eigenvalue weighted by Gasteiger charge is -1.92. The fourth-order valence-corrected chi connectivity index (χ4v) is 0.243. The van der Waals surface area contributed by atoms with Crippen LogP contribution in [0.3, 0.4) is 0 Å². The molecule has 0 aliphatic heterocycles. The van der Waals surface area contributed by atoms with Crippen molar-refractivity contribution in [1.29, 1.82) is 0 Å². The molecule has 5 nitrogen and oxygen atoms in total. The van der Waals surface area contributed by atoms with Gasteiger partial charge in [0.15, 0.2) is 0 Å². The highest BCUT2D eigenvalue weighted by Gasteiger charge is 1.86. The van der Waals surface area contributed by atoms with Gasteiger partial charge >= 0.3 is 6.03 Å². The van der Waals surface area contributed by atoms with E-state index in [1.165, 1.54) is 13.4 Å². The molecule has 0 bridgehead atoms. The molecule has 5 heteroatoms. The predicted octanol–water partition coefficient (Wildman–Crippen LogP) is -0.0506. The van der Waals surface area contributed by atoms with Gasteiger partial charge in [-0.3, -0.25) is 0 Å². The molecule has 2 amide bonds. The van der Waals surface area contributed by atoms with Crippen molar-refractivity contribution < 1.29 is 4.79 Å². The normalized spacial score (nSPS) is 10.6. The van der Waals surface area contributed by atoms with Crippen LogP contribution in [0.4, 0.5) is 4.79 Å². The lowest BCUT2D eigenvalue weighted by atomic mass is 10.9. The maximum absolute atomic E-state index is 10.4. The molecule has 0 aromatic heterocycles. The zero-order valence-corrected chi connectivity index (χ0v) is 5.96. The van der Waals surface area contributed by atoms with Crippen molar-refractivity contribution in [2.45, 2.75) is 6.92 Å². The van der Waals surface area contributed by atoms with Gasteiger partial charge in [0.1, 0.15) is 6.34 Å². The fourth-order valence-electron chi connectivity index (χ4n) is 0.243. The van der Waals surface area contributed by atoms with E-state index in [0.717, 1.165) is 0 Å². The van der Waals surface area contributed by atoms with E-state index in [0.29, 0.717) is 0 Å². The number of carbonyl (C=O) groups excluding carboxylic acids is 1. The van der Waals surface area contributed by atoms with Crippen LogP contribution in [0, 0.1) is 0 Å². The summed E-state index contributed by atoms with van der Waals surface area (Å²) in [5, 5.41) is 5.77. The van der Waals surface area contributed by atoms with Gasteiger partial charge in [-0.05, 0) is 6.92 Å². The van der Waals surface area contributed by atoms with Crippen molar-refractivity contribution in [2.75, 3.05) is 7.05 Å². The van der Waals surface area contributed by atoms with Crippen LogP contribution in [0.1, 0.15) is 6.92 Å². The number of carbonyl (C=O) groups is 1. The summed E-state index contributed by atoms with van der Waals surface area (Å²) < 4.78 is 0. The van der Waals surface area contributed by atoms with Crippen LogP contribution < -0.4 is 10.7 Å². The summed E-state index contributed by atoms with van der Waals surface area (Å²) >= 11 is 0. The highest BCUT2D eigenvalue weighted by atomic mass is 16.2. The molecule has 2 N–H and O–H groups in total. The molecule has 56 valence electrons. The minimum Gasteiger partial charge on any atom is -0.340 e. The summed E-state index contributed by atoms with van der Waals surface area (Å²) in [4.78, 5) is 14.0. The van der Waals surface area contributed by atoms with E-state index in [2.05, 4.69) is 20.8 Å². The SMILES string of the molecule is C/C=N\C=N/NC(=O)NC. The minimum atomic E-state index is -0.359. The van der Waals surface area contributed by atoms with Gasteiger partial charge in [0.2, 0.25) is 0 Å². The van der Waals surface area contributed by atoms with Gasteiger partial charge in [0, 0.05) is 13.3 Å². The molecule has 10 heavy (non-hydrogen) atoms. The maximum Gasteiger partial charge on any atom is 0.334 e. The number of hydrazone groups is 1. The molecule has 0 fully saturated rings. The Hall–Kier alpha value is -1.39. The Morgan fingerprint density at radius 2 is 2.30 bits per heavy atom. The largest absolute Gasteiger partial charge is 0.340 e. The van der Waals surface area contributed by atoms with Gasteiger partial charge in [-0.1, -0.05) is 0 Å². The highest BCUT2D eigenvalue weighted by molar-refractivity contribution is 5.75. The molecular weight excluding hydrogens is 132 g/mol. The molecule has 0 saturated heterocycles. The Balaban J connectivity index is 3.43. The Kier molecular flexibility index (Phi) is 4.94. The van der Waals surface area contributed by atoms with Crippen molar-refractivity contribution in [3.8, 4) is 0 Å². The number of amides is 2. The number of hydrogen-bond acceptors (Lipinski definition) is 2. The van der Waals surface area contributed by atoms with Gasteiger partial charge < -0.3 is 5.32 Å². The van der Waals surface area contributed by atoms with E-state index in [1.807, 2.05) is 0 Å². The summed E-state index contributed by atoms with van der Waals surface area (Å²) in [6, 6.07) is -0.359. The number of hydrogen-bond donors (Lipinski definition) is 2. The summed E-state index contributed by atoms with van der Waals surface area (Å²) in [6.45, 7) is 1.76. The van der Waals surface area contributed by atoms with Crippen molar-refractivity contribution in [1.82, 2.24) is 10.7 Å². The fraction of sp³-hybridized carbons (Fsp3) is 0.400. The number of urea groups is 1. The summed E-state index contributed by atoms with van der Waals surface area (Å²) in [5.41, 5.74) is 2.17. The Morgan fingerprint density at radius 3 is 2.80 bits per heavy atom. The van der Waals surface area contributed by atoms with E-state index < -0.39 is 0 Å². The quantitative estimate of drug-likeness (QED) is 0.317. The summed E-state index contributed by atoms with van der Waals surface area (Å²) in [6.07, 6.45) is 2.81. The lowest BCUT2D eigenvalue weighted by molar-refractivity contribution is 0.243. The molecule has 0 aliphatic carbocycles. The van der Waals surface area contributed by atoms with E-state index in [4.69, 9.17) is 0 Å². The molecule has 0 radical (unpaired) electrons.